The largest absolute Gasteiger partial charge is 0.483 e. The van der Waals surface area contributed by atoms with Crippen LogP contribution in [0.5, 0.6) is 5.75 Å². The molecular formula is C12H11BrClNO6. The van der Waals surface area contributed by atoms with E-state index in [1.807, 2.05) is 0 Å². The van der Waals surface area contributed by atoms with Gasteiger partial charge in [-0.1, -0.05) is 11.6 Å². The second-order valence-corrected chi connectivity index (χ2v) is 5.21. The zero-order chi connectivity index (χ0) is 16.0. The van der Waals surface area contributed by atoms with E-state index in [1.165, 1.54) is 6.07 Å². The minimum atomic E-state index is -1.51. The van der Waals surface area contributed by atoms with Crippen molar-refractivity contribution >= 4 is 45.4 Å². The molecule has 3 N–H and O–H groups in total. The number of nitrogens with one attached hydrogen (secondary N) is 1. The second kappa shape index (κ2) is 7.84. The van der Waals surface area contributed by atoms with Gasteiger partial charge in [0.15, 0.2) is 6.61 Å². The van der Waals surface area contributed by atoms with Gasteiger partial charge in [0.05, 0.1) is 10.9 Å². The normalized spacial score (nSPS) is 11.5. The molecule has 7 nitrogen and oxygen atoms in total. The Kier molecular flexibility index (Phi) is 6.44. The van der Waals surface area contributed by atoms with Crippen molar-refractivity contribution in [3.8, 4) is 5.75 Å². The third kappa shape index (κ3) is 6.01. The van der Waals surface area contributed by atoms with Crippen LogP contribution in [0.25, 0.3) is 0 Å². The first-order chi connectivity index (χ1) is 9.79. The lowest BCUT2D eigenvalue weighted by molar-refractivity contribution is -0.147. The predicted molar refractivity (Wildman–Crippen MR) is 76.5 cm³/mol. The molecule has 0 aromatic heterocycles. The van der Waals surface area contributed by atoms with Gasteiger partial charge < -0.3 is 20.3 Å². The highest BCUT2D eigenvalue weighted by molar-refractivity contribution is 9.10. The monoisotopic (exact) mass is 379 g/mol. The molecule has 1 rings (SSSR count). The summed E-state index contributed by atoms with van der Waals surface area (Å²) < 4.78 is 5.71. The standard InChI is InChI=1S/C12H11BrClNO6/c13-7-3-6(14)1-2-9(7)21-5-10(16)15-8(12(19)20)4-11(17)18/h1-3,8H,4-5H2,(H,15,16)(H,17,18)(H,19,20). The fourth-order valence-electron chi connectivity index (χ4n) is 1.35. The van der Waals surface area contributed by atoms with Crippen molar-refractivity contribution in [3.63, 3.8) is 0 Å². The average molecular weight is 381 g/mol. The third-order valence-electron chi connectivity index (χ3n) is 2.26. The number of rotatable bonds is 7. The molecule has 0 saturated heterocycles. The minimum Gasteiger partial charge on any atom is -0.483 e. The van der Waals surface area contributed by atoms with Crippen molar-refractivity contribution in [2.45, 2.75) is 12.5 Å². The number of hydrogen-bond donors (Lipinski definition) is 3. The van der Waals surface area contributed by atoms with Gasteiger partial charge in [-0.3, -0.25) is 9.59 Å². The summed E-state index contributed by atoms with van der Waals surface area (Å²) in [4.78, 5) is 32.8. The van der Waals surface area contributed by atoms with Gasteiger partial charge >= 0.3 is 11.9 Å². The maximum atomic E-state index is 11.6. The van der Waals surface area contributed by atoms with Crippen LogP contribution in [0.15, 0.2) is 22.7 Å². The molecule has 0 aliphatic rings. The number of hydrogen-bond acceptors (Lipinski definition) is 4. The Hall–Kier alpha value is -1.80. The van der Waals surface area contributed by atoms with Crippen molar-refractivity contribution in [2.75, 3.05) is 6.61 Å². The first kappa shape index (κ1) is 17.3. The zero-order valence-electron chi connectivity index (χ0n) is 10.5. The quantitative estimate of drug-likeness (QED) is 0.661. The molecule has 1 unspecified atom stereocenters. The SMILES string of the molecule is O=C(O)CC(NC(=O)COc1ccc(Cl)cc1Br)C(=O)O. The second-order valence-electron chi connectivity index (χ2n) is 3.92. The van der Waals surface area contributed by atoms with Crippen LogP contribution >= 0.6 is 27.5 Å². The molecule has 0 saturated carbocycles. The lowest BCUT2D eigenvalue weighted by Crippen LogP contribution is -2.44. The Labute approximate surface area is 133 Å². The highest BCUT2D eigenvalue weighted by Gasteiger charge is 2.23. The van der Waals surface area contributed by atoms with Gasteiger partial charge in [0.2, 0.25) is 0 Å². The third-order valence-corrected chi connectivity index (χ3v) is 3.12. The number of ether oxygens (including phenoxy) is 1. The smallest absolute Gasteiger partial charge is 0.326 e. The highest BCUT2D eigenvalue weighted by atomic mass is 79.9. The summed E-state index contributed by atoms with van der Waals surface area (Å²) in [5.74, 6) is -3.16. The number of aliphatic carboxylic acids is 2. The van der Waals surface area contributed by atoms with E-state index >= 15 is 0 Å². The topological polar surface area (TPSA) is 113 Å². The number of carbonyl (C=O) groups excluding carboxylic acids is 1. The van der Waals surface area contributed by atoms with Crippen molar-refractivity contribution in [1.82, 2.24) is 5.32 Å². The van der Waals surface area contributed by atoms with E-state index in [0.717, 1.165) is 0 Å². The van der Waals surface area contributed by atoms with E-state index in [4.69, 9.17) is 26.6 Å². The Balaban J connectivity index is 2.56. The molecule has 0 radical (unpaired) electrons. The summed E-state index contributed by atoms with van der Waals surface area (Å²) in [5, 5.41) is 19.9. The highest BCUT2D eigenvalue weighted by Crippen LogP contribution is 2.27. The van der Waals surface area contributed by atoms with Crippen molar-refractivity contribution in [1.29, 1.82) is 0 Å². The summed E-state index contributed by atoms with van der Waals surface area (Å²) >= 11 is 8.94. The first-order valence-electron chi connectivity index (χ1n) is 5.61. The molecule has 0 aliphatic carbocycles. The van der Waals surface area contributed by atoms with Crippen LogP contribution in [0.1, 0.15) is 6.42 Å². The molecule has 114 valence electrons. The zero-order valence-corrected chi connectivity index (χ0v) is 12.8. The van der Waals surface area contributed by atoms with E-state index < -0.39 is 36.9 Å². The molecule has 0 heterocycles. The fourth-order valence-corrected chi connectivity index (χ4v) is 2.14. The fraction of sp³-hybridized carbons (Fsp3) is 0.250. The number of carboxylic acids is 2. The average Bonchev–Trinajstić information content (AvgIpc) is 2.36. The van der Waals surface area contributed by atoms with Gasteiger partial charge in [-0.25, -0.2) is 4.79 Å². The number of halogens is 2. The van der Waals surface area contributed by atoms with E-state index in [9.17, 15) is 14.4 Å². The van der Waals surface area contributed by atoms with Crippen LogP contribution in [-0.2, 0) is 14.4 Å². The maximum Gasteiger partial charge on any atom is 0.326 e. The van der Waals surface area contributed by atoms with Crippen molar-refractivity contribution in [2.24, 2.45) is 0 Å². The van der Waals surface area contributed by atoms with Gasteiger partial charge in [0, 0.05) is 5.02 Å². The van der Waals surface area contributed by atoms with Gasteiger partial charge in [0.25, 0.3) is 5.91 Å². The lowest BCUT2D eigenvalue weighted by atomic mass is 10.2. The van der Waals surface area contributed by atoms with Crippen LogP contribution in [-0.4, -0.2) is 40.7 Å². The van der Waals surface area contributed by atoms with Gasteiger partial charge in [-0.15, -0.1) is 0 Å². The molecular weight excluding hydrogens is 369 g/mol. The molecule has 0 spiro atoms. The molecule has 0 aliphatic heterocycles. The van der Waals surface area contributed by atoms with Crippen LogP contribution in [0.4, 0.5) is 0 Å². The van der Waals surface area contributed by atoms with Crippen molar-refractivity contribution in [3.05, 3.63) is 27.7 Å². The van der Waals surface area contributed by atoms with Gasteiger partial charge in [-0.2, -0.15) is 0 Å². The molecule has 0 fully saturated rings. The summed E-state index contributed by atoms with van der Waals surface area (Å²) in [7, 11) is 0. The maximum absolute atomic E-state index is 11.6. The summed E-state index contributed by atoms with van der Waals surface area (Å²) in [6.45, 7) is -0.455. The van der Waals surface area contributed by atoms with Crippen LogP contribution in [0.2, 0.25) is 5.02 Å². The molecule has 1 amide bonds. The van der Waals surface area contributed by atoms with Crippen LogP contribution < -0.4 is 10.1 Å². The van der Waals surface area contributed by atoms with Crippen LogP contribution in [0, 0.1) is 0 Å². The Morgan fingerprint density at radius 2 is 2.00 bits per heavy atom. The molecule has 1 aromatic carbocycles. The predicted octanol–water partition coefficient (Wildman–Crippen LogP) is 1.53. The Morgan fingerprint density at radius 3 is 2.52 bits per heavy atom. The van der Waals surface area contributed by atoms with Gasteiger partial charge in [0.1, 0.15) is 11.8 Å². The number of carboxylic acid groups (broad SMARTS) is 2. The Bertz CT molecular complexity index is 565. The lowest BCUT2D eigenvalue weighted by Gasteiger charge is -2.13. The number of benzene rings is 1. The molecule has 21 heavy (non-hydrogen) atoms. The van der Waals surface area contributed by atoms with E-state index in [2.05, 4.69) is 21.2 Å². The molecule has 9 heteroatoms. The first-order valence-corrected chi connectivity index (χ1v) is 6.78. The Morgan fingerprint density at radius 1 is 1.33 bits per heavy atom. The summed E-state index contributed by atoms with van der Waals surface area (Å²) in [6.07, 6.45) is -0.717. The van der Waals surface area contributed by atoms with Gasteiger partial charge in [-0.05, 0) is 34.1 Å². The summed E-state index contributed by atoms with van der Waals surface area (Å²) in [5.41, 5.74) is 0. The molecule has 1 aromatic rings. The minimum absolute atomic E-state index is 0.347. The number of amides is 1. The molecule has 1 atom stereocenters. The van der Waals surface area contributed by atoms with E-state index in [1.54, 1.807) is 12.1 Å². The summed E-state index contributed by atoms with van der Waals surface area (Å²) in [6, 6.07) is 3.15. The van der Waals surface area contributed by atoms with E-state index in [0.29, 0.717) is 15.2 Å². The van der Waals surface area contributed by atoms with Crippen LogP contribution in [0.3, 0.4) is 0 Å². The molecule has 0 bridgehead atoms. The number of carbonyl (C=O) groups is 3. The van der Waals surface area contributed by atoms with Crippen molar-refractivity contribution < 1.29 is 29.3 Å². The van der Waals surface area contributed by atoms with E-state index in [-0.39, 0.29) is 0 Å².